The van der Waals surface area contributed by atoms with Gasteiger partial charge in [0.15, 0.2) is 6.29 Å². The van der Waals surface area contributed by atoms with Gasteiger partial charge >= 0.3 is 8.56 Å². The van der Waals surface area contributed by atoms with Crippen LogP contribution in [0.15, 0.2) is 0 Å². The standard InChI is InChI=1S/C9H22O4Si/c1-8(9(10-2)11-3)7-14(6,12-4)13-5/h8-9H,7H2,1-6H3. The second-order valence-electron chi connectivity index (χ2n) is 3.56. The Bertz CT molecular complexity index is 146. The molecule has 0 bridgehead atoms. The molecule has 86 valence electrons. The molecule has 0 aromatic heterocycles. The summed E-state index contributed by atoms with van der Waals surface area (Å²) in [7, 11) is 4.65. The Morgan fingerprint density at radius 2 is 1.43 bits per heavy atom. The normalized spacial score (nSPS) is 14.8. The maximum absolute atomic E-state index is 5.40. The molecule has 0 spiro atoms. The van der Waals surface area contributed by atoms with Crippen LogP contribution in [-0.2, 0) is 18.3 Å². The summed E-state index contributed by atoms with van der Waals surface area (Å²) in [5, 5.41) is 0. The minimum atomic E-state index is -2.02. The van der Waals surface area contributed by atoms with Crippen molar-refractivity contribution in [2.45, 2.75) is 25.8 Å². The van der Waals surface area contributed by atoms with E-state index in [0.29, 0.717) is 0 Å². The summed E-state index contributed by atoms with van der Waals surface area (Å²) in [6.45, 7) is 4.10. The fourth-order valence-electron chi connectivity index (χ4n) is 1.49. The van der Waals surface area contributed by atoms with Gasteiger partial charge in [-0.05, 0) is 12.6 Å². The summed E-state index contributed by atoms with van der Waals surface area (Å²) >= 11 is 0. The van der Waals surface area contributed by atoms with E-state index >= 15 is 0 Å². The third-order valence-electron chi connectivity index (χ3n) is 2.49. The molecule has 0 rings (SSSR count). The molecular formula is C9H22O4Si. The number of ether oxygens (including phenoxy) is 2. The van der Waals surface area contributed by atoms with Gasteiger partial charge in [-0.15, -0.1) is 0 Å². The zero-order chi connectivity index (χ0) is 11.2. The maximum atomic E-state index is 5.40. The molecule has 0 N–H and O–H groups in total. The van der Waals surface area contributed by atoms with Gasteiger partial charge in [-0.2, -0.15) is 0 Å². The van der Waals surface area contributed by atoms with Gasteiger partial charge in [0.2, 0.25) is 0 Å². The van der Waals surface area contributed by atoms with Gasteiger partial charge in [-0.25, -0.2) is 0 Å². The van der Waals surface area contributed by atoms with Gasteiger partial charge in [-0.3, -0.25) is 0 Å². The van der Waals surface area contributed by atoms with Crippen molar-refractivity contribution in [2.75, 3.05) is 28.4 Å². The molecule has 0 radical (unpaired) electrons. The molecule has 1 unspecified atom stereocenters. The van der Waals surface area contributed by atoms with Crippen LogP contribution >= 0.6 is 0 Å². The van der Waals surface area contributed by atoms with Crippen LogP contribution in [0.1, 0.15) is 6.92 Å². The molecule has 0 heterocycles. The topological polar surface area (TPSA) is 36.9 Å². The molecule has 0 aliphatic rings. The Labute approximate surface area is 87.7 Å². The first-order chi connectivity index (χ1) is 6.52. The van der Waals surface area contributed by atoms with E-state index in [9.17, 15) is 0 Å². The van der Waals surface area contributed by atoms with E-state index in [2.05, 4.69) is 6.92 Å². The van der Waals surface area contributed by atoms with Crippen LogP contribution in [-0.4, -0.2) is 43.3 Å². The van der Waals surface area contributed by atoms with Gasteiger partial charge in [-0.1, -0.05) is 6.92 Å². The molecule has 0 saturated heterocycles. The van der Waals surface area contributed by atoms with Gasteiger partial charge in [0.05, 0.1) is 0 Å². The Hall–Kier alpha value is 0.0569. The smallest absolute Gasteiger partial charge is 0.334 e. The molecule has 0 aromatic rings. The van der Waals surface area contributed by atoms with E-state index in [-0.39, 0.29) is 12.2 Å². The summed E-state index contributed by atoms with van der Waals surface area (Å²) in [5.74, 6) is 0.265. The van der Waals surface area contributed by atoms with E-state index in [1.54, 1.807) is 28.4 Å². The van der Waals surface area contributed by atoms with Crippen LogP contribution in [0.5, 0.6) is 0 Å². The van der Waals surface area contributed by atoms with Gasteiger partial charge < -0.3 is 18.3 Å². The van der Waals surface area contributed by atoms with Crippen molar-refractivity contribution in [3.8, 4) is 0 Å². The molecule has 0 aliphatic carbocycles. The van der Waals surface area contributed by atoms with Crippen LogP contribution in [0.3, 0.4) is 0 Å². The highest BCUT2D eigenvalue weighted by atomic mass is 28.4. The van der Waals surface area contributed by atoms with E-state index in [1.807, 2.05) is 6.55 Å². The average molecular weight is 222 g/mol. The fraction of sp³-hybridized carbons (Fsp3) is 1.00. The van der Waals surface area contributed by atoms with Gasteiger partial charge in [0.1, 0.15) is 0 Å². The first-order valence-corrected chi connectivity index (χ1v) is 7.21. The zero-order valence-electron chi connectivity index (χ0n) is 9.99. The average Bonchev–Trinajstić information content (AvgIpc) is 2.19. The number of hydrogen-bond acceptors (Lipinski definition) is 4. The molecular weight excluding hydrogens is 200 g/mol. The van der Waals surface area contributed by atoms with E-state index in [0.717, 1.165) is 6.04 Å². The molecule has 4 nitrogen and oxygen atoms in total. The van der Waals surface area contributed by atoms with E-state index < -0.39 is 8.56 Å². The van der Waals surface area contributed by atoms with Crippen LogP contribution in [0.4, 0.5) is 0 Å². The van der Waals surface area contributed by atoms with Crippen molar-refractivity contribution in [2.24, 2.45) is 5.92 Å². The highest BCUT2D eigenvalue weighted by molar-refractivity contribution is 6.66. The number of rotatable bonds is 7. The molecule has 0 aromatic carbocycles. The Morgan fingerprint density at radius 1 is 1.00 bits per heavy atom. The van der Waals surface area contributed by atoms with Gasteiger partial charge in [0.25, 0.3) is 0 Å². The lowest BCUT2D eigenvalue weighted by Crippen LogP contribution is -2.40. The highest BCUT2D eigenvalue weighted by Crippen LogP contribution is 2.22. The van der Waals surface area contributed by atoms with Crippen LogP contribution in [0.2, 0.25) is 12.6 Å². The van der Waals surface area contributed by atoms with Crippen molar-refractivity contribution in [3.63, 3.8) is 0 Å². The van der Waals surface area contributed by atoms with Crippen LogP contribution in [0, 0.1) is 5.92 Å². The molecule has 0 aliphatic heterocycles. The van der Waals surface area contributed by atoms with E-state index in [4.69, 9.17) is 18.3 Å². The number of methoxy groups -OCH3 is 2. The Balaban J connectivity index is 4.20. The largest absolute Gasteiger partial charge is 0.398 e. The minimum Gasteiger partial charge on any atom is -0.398 e. The number of hydrogen-bond donors (Lipinski definition) is 0. The molecule has 0 amide bonds. The lowest BCUT2D eigenvalue weighted by Gasteiger charge is -2.29. The van der Waals surface area contributed by atoms with Crippen molar-refractivity contribution in [3.05, 3.63) is 0 Å². The second kappa shape index (κ2) is 6.52. The summed E-state index contributed by atoms with van der Waals surface area (Å²) in [5.41, 5.74) is 0. The quantitative estimate of drug-likeness (QED) is 0.484. The molecule has 5 heteroatoms. The Kier molecular flexibility index (Phi) is 6.55. The van der Waals surface area contributed by atoms with Crippen molar-refractivity contribution in [1.29, 1.82) is 0 Å². The summed E-state index contributed by atoms with van der Waals surface area (Å²) in [6, 6.07) is 0.854. The summed E-state index contributed by atoms with van der Waals surface area (Å²) < 4.78 is 21.2. The molecule has 1 atom stereocenters. The first kappa shape index (κ1) is 14.1. The predicted molar refractivity (Wildman–Crippen MR) is 57.4 cm³/mol. The second-order valence-corrected chi connectivity index (χ2v) is 7.06. The summed E-state index contributed by atoms with van der Waals surface area (Å²) in [6.07, 6.45) is -0.188. The minimum absolute atomic E-state index is 0.188. The van der Waals surface area contributed by atoms with Crippen molar-refractivity contribution >= 4 is 8.56 Å². The van der Waals surface area contributed by atoms with Gasteiger partial charge in [0, 0.05) is 34.4 Å². The predicted octanol–water partition coefficient (Wildman–Crippen LogP) is 1.61. The third kappa shape index (κ3) is 4.06. The monoisotopic (exact) mass is 222 g/mol. The van der Waals surface area contributed by atoms with Crippen molar-refractivity contribution in [1.82, 2.24) is 0 Å². The lowest BCUT2D eigenvalue weighted by molar-refractivity contribution is -0.130. The van der Waals surface area contributed by atoms with Crippen LogP contribution < -0.4 is 0 Å². The third-order valence-corrected chi connectivity index (χ3v) is 5.60. The first-order valence-electron chi connectivity index (χ1n) is 4.69. The van der Waals surface area contributed by atoms with Crippen LogP contribution in [0.25, 0.3) is 0 Å². The summed E-state index contributed by atoms with van der Waals surface area (Å²) in [4.78, 5) is 0. The molecule has 0 fully saturated rings. The SMILES string of the molecule is COC(OC)C(C)C[Si](C)(OC)OC. The molecule has 0 saturated carbocycles. The lowest BCUT2D eigenvalue weighted by atomic mass is 10.2. The fourth-order valence-corrected chi connectivity index (χ4v) is 3.35. The Morgan fingerprint density at radius 3 is 1.71 bits per heavy atom. The highest BCUT2D eigenvalue weighted by Gasteiger charge is 2.34. The van der Waals surface area contributed by atoms with Crippen molar-refractivity contribution < 1.29 is 18.3 Å². The molecule has 14 heavy (non-hydrogen) atoms. The maximum Gasteiger partial charge on any atom is 0.334 e. The van der Waals surface area contributed by atoms with E-state index in [1.165, 1.54) is 0 Å². The zero-order valence-corrected chi connectivity index (χ0v) is 11.0.